The first-order chi connectivity index (χ1) is 11.2. The fourth-order valence-electron chi connectivity index (χ4n) is 4.54. The van der Waals surface area contributed by atoms with Crippen molar-refractivity contribution in [1.82, 2.24) is 15.5 Å². The molecule has 6 nitrogen and oxygen atoms in total. The van der Waals surface area contributed by atoms with Crippen LogP contribution in [0.4, 0.5) is 4.79 Å². The van der Waals surface area contributed by atoms with Crippen molar-refractivity contribution in [1.29, 1.82) is 0 Å². The highest BCUT2D eigenvalue weighted by molar-refractivity contribution is 6.01. The smallest absolute Gasteiger partial charge is 0.324 e. The second-order valence-electron chi connectivity index (χ2n) is 7.04. The number of amides is 3. The van der Waals surface area contributed by atoms with Gasteiger partial charge in [0.25, 0.3) is 0 Å². The molecule has 3 amide bonds. The molecule has 3 fully saturated rings. The maximum atomic E-state index is 11.5. The fraction of sp³-hybridized carbons (Fsp3) is 0.882. The number of carbonyl (C=O) groups excluding carboxylic acids is 2. The number of ether oxygens (including phenoxy) is 1. The van der Waals surface area contributed by atoms with E-state index in [9.17, 15) is 9.59 Å². The number of nitrogens with one attached hydrogen (secondary N) is 2. The minimum Gasteiger partial charge on any atom is -0.378 e. The van der Waals surface area contributed by atoms with E-state index in [4.69, 9.17) is 4.74 Å². The molecule has 1 spiro atoms. The second kappa shape index (κ2) is 7.18. The highest BCUT2D eigenvalue weighted by Crippen LogP contribution is 2.53. The number of nitrogens with zero attached hydrogens (tertiary/aromatic N) is 1. The Labute approximate surface area is 138 Å². The number of carbonyl (C=O) groups is 2. The predicted molar refractivity (Wildman–Crippen MR) is 87.1 cm³/mol. The van der Waals surface area contributed by atoms with Gasteiger partial charge in [0.1, 0.15) is 0 Å². The summed E-state index contributed by atoms with van der Waals surface area (Å²) < 4.78 is 5.97. The van der Waals surface area contributed by atoms with Crippen LogP contribution in [-0.4, -0.2) is 55.2 Å². The molecule has 0 aromatic heterocycles. The van der Waals surface area contributed by atoms with Crippen LogP contribution in [0.15, 0.2) is 0 Å². The Kier molecular flexibility index (Phi) is 5.21. The van der Waals surface area contributed by atoms with E-state index in [-0.39, 0.29) is 18.5 Å². The monoisotopic (exact) mass is 323 g/mol. The molecule has 2 N–H and O–H groups in total. The van der Waals surface area contributed by atoms with Crippen molar-refractivity contribution in [3.05, 3.63) is 0 Å². The highest BCUT2D eigenvalue weighted by atomic mass is 16.5. The van der Waals surface area contributed by atoms with Crippen LogP contribution in [-0.2, 0) is 9.53 Å². The minimum absolute atomic E-state index is 0.112. The van der Waals surface area contributed by atoms with Gasteiger partial charge < -0.3 is 15.4 Å². The van der Waals surface area contributed by atoms with Crippen molar-refractivity contribution >= 4 is 11.9 Å². The maximum Gasteiger partial charge on any atom is 0.324 e. The van der Waals surface area contributed by atoms with Gasteiger partial charge >= 0.3 is 6.03 Å². The van der Waals surface area contributed by atoms with Crippen molar-refractivity contribution in [2.45, 2.75) is 64.0 Å². The third-order valence-corrected chi connectivity index (χ3v) is 5.82. The van der Waals surface area contributed by atoms with Gasteiger partial charge in [-0.15, -0.1) is 0 Å². The Balaban J connectivity index is 1.44. The molecule has 1 saturated heterocycles. The Morgan fingerprint density at radius 3 is 2.74 bits per heavy atom. The fourth-order valence-corrected chi connectivity index (χ4v) is 4.54. The molecule has 2 saturated carbocycles. The lowest BCUT2D eigenvalue weighted by molar-refractivity contribution is -0.149. The summed E-state index contributed by atoms with van der Waals surface area (Å²) >= 11 is 0. The molecule has 0 aromatic carbocycles. The van der Waals surface area contributed by atoms with Gasteiger partial charge in [-0.2, -0.15) is 0 Å². The van der Waals surface area contributed by atoms with E-state index >= 15 is 0 Å². The van der Waals surface area contributed by atoms with Crippen LogP contribution >= 0.6 is 0 Å². The molecule has 6 heteroatoms. The predicted octanol–water partition coefficient (Wildman–Crippen LogP) is 1.65. The van der Waals surface area contributed by atoms with Crippen molar-refractivity contribution in [2.24, 2.45) is 5.41 Å². The van der Waals surface area contributed by atoms with Gasteiger partial charge in [-0.3, -0.25) is 9.69 Å². The lowest BCUT2D eigenvalue weighted by atomic mass is 9.55. The van der Waals surface area contributed by atoms with Crippen molar-refractivity contribution in [3.63, 3.8) is 0 Å². The van der Waals surface area contributed by atoms with E-state index in [0.717, 1.165) is 26.0 Å². The lowest BCUT2D eigenvalue weighted by Crippen LogP contribution is -2.64. The lowest BCUT2D eigenvalue weighted by Gasteiger charge is -2.58. The number of imide groups is 1. The zero-order chi connectivity index (χ0) is 16.3. The van der Waals surface area contributed by atoms with E-state index in [0.29, 0.717) is 24.1 Å². The molecule has 3 rings (SSSR count). The van der Waals surface area contributed by atoms with Crippen LogP contribution < -0.4 is 10.6 Å². The van der Waals surface area contributed by atoms with Crippen molar-refractivity contribution in [2.75, 3.05) is 26.2 Å². The SMILES string of the molecule is CCO[C@H]1C[C@H](NCCCN2C(=O)CNC2=O)C12CCCCC2. The molecule has 0 bridgehead atoms. The van der Waals surface area contributed by atoms with E-state index in [1.54, 1.807) is 0 Å². The van der Waals surface area contributed by atoms with E-state index in [2.05, 4.69) is 17.6 Å². The number of hydrogen-bond acceptors (Lipinski definition) is 4. The van der Waals surface area contributed by atoms with E-state index < -0.39 is 0 Å². The zero-order valence-electron chi connectivity index (χ0n) is 14.1. The molecule has 3 aliphatic rings. The number of hydrogen-bond donors (Lipinski definition) is 2. The Morgan fingerprint density at radius 2 is 2.09 bits per heavy atom. The van der Waals surface area contributed by atoms with Crippen molar-refractivity contribution < 1.29 is 14.3 Å². The van der Waals surface area contributed by atoms with Gasteiger partial charge in [0.15, 0.2) is 0 Å². The molecule has 23 heavy (non-hydrogen) atoms. The normalized spacial score (nSPS) is 29.7. The Hall–Kier alpha value is -1.14. The summed E-state index contributed by atoms with van der Waals surface area (Å²) in [6, 6.07) is 0.279. The molecule has 1 aliphatic heterocycles. The minimum atomic E-state index is -0.251. The van der Waals surface area contributed by atoms with Gasteiger partial charge in [-0.05, 0) is 39.2 Å². The molecule has 0 radical (unpaired) electrons. The van der Waals surface area contributed by atoms with Gasteiger partial charge in [0, 0.05) is 24.6 Å². The summed E-state index contributed by atoms with van der Waals surface area (Å²) in [5, 5.41) is 6.23. The van der Waals surface area contributed by atoms with Crippen LogP contribution in [0.5, 0.6) is 0 Å². The molecule has 1 heterocycles. The summed E-state index contributed by atoms with van der Waals surface area (Å²) in [5.41, 5.74) is 0.328. The Bertz CT molecular complexity index is 432. The average Bonchev–Trinajstić information content (AvgIpc) is 2.89. The van der Waals surface area contributed by atoms with Gasteiger partial charge in [-0.25, -0.2) is 4.79 Å². The highest BCUT2D eigenvalue weighted by Gasteiger charge is 2.55. The average molecular weight is 323 g/mol. The summed E-state index contributed by atoms with van der Waals surface area (Å²) in [6.45, 7) is 4.38. The first-order valence-corrected chi connectivity index (χ1v) is 9.10. The van der Waals surface area contributed by atoms with Gasteiger partial charge in [-0.1, -0.05) is 19.3 Å². The topological polar surface area (TPSA) is 70.7 Å². The van der Waals surface area contributed by atoms with E-state index in [1.807, 2.05) is 0 Å². The van der Waals surface area contributed by atoms with Crippen molar-refractivity contribution in [3.8, 4) is 0 Å². The van der Waals surface area contributed by atoms with E-state index in [1.165, 1.54) is 37.0 Å². The standard InChI is InChI=1S/C17H29N3O3/c1-2-23-14-11-13(17(14)7-4-3-5-8-17)18-9-6-10-20-15(21)12-19-16(20)22/h13-14,18H,2-12H2,1H3,(H,19,22)/t13-,14-/m0/s1. The van der Waals surface area contributed by atoms with Crippen LogP contribution in [0.2, 0.25) is 0 Å². The number of rotatable bonds is 7. The molecular formula is C17H29N3O3. The molecular weight excluding hydrogens is 294 g/mol. The quantitative estimate of drug-likeness (QED) is 0.552. The number of urea groups is 1. The summed E-state index contributed by atoms with van der Waals surface area (Å²) in [6.07, 6.45) is 8.82. The summed E-state index contributed by atoms with van der Waals surface area (Å²) in [5.74, 6) is -0.112. The third-order valence-electron chi connectivity index (χ3n) is 5.82. The first-order valence-electron chi connectivity index (χ1n) is 9.10. The van der Waals surface area contributed by atoms with Crippen LogP contribution in [0, 0.1) is 5.41 Å². The molecule has 0 aromatic rings. The summed E-state index contributed by atoms with van der Waals surface area (Å²) in [7, 11) is 0. The second-order valence-corrected chi connectivity index (χ2v) is 7.04. The van der Waals surface area contributed by atoms with Gasteiger partial charge in [0.05, 0.1) is 12.6 Å². The third kappa shape index (κ3) is 3.24. The van der Waals surface area contributed by atoms with Crippen LogP contribution in [0.25, 0.3) is 0 Å². The molecule has 2 aliphatic carbocycles. The molecule has 130 valence electrons. The molecule has 0 unspecified atom stereocenters. The van der Waals surface area contributed by atoms with Crippen LogP contribution in [0.3, 0.4) is 0 Å². The first kappa shape index (κ1) is 16.7. The Morgan fingerprint density at radius 1 is 1.30 bits per heavy atom. The summed E-state index contributed by atoms with van der Waals surface area (Å²) in [4.78, 5) is 24.4. The maximum absolute atomic E-state index is 11.5. The van der Waals surface area contributed by atoms with Crippen LogP contribution in [0.1, 0.15) is 51.9 Å². The largest absolute Gasteiger partial charge is 0.378 e. The zero-order valence-corrected chi connectivity index (χ0v) is 14.1. The van der Waals surface area contributed by atoms with Gasteiger partial charge in [0.2, 0.25) is 5.91 Å². The molecule has 2 atom stereocenters.